The third-order valence-corrected chi connectivity index (χ3v) is 8.32. The van der Waals surface area contributed by atoms with Gasteiger partial charge in [-0.2, -0.15) is 0 Å². The molecule has 2 aromatic rings. The lowest BCUT2D eigenvalue weighted by Crippen LogP contribution is -2.51. The summed E-state index contributed by atoms with van der Waals surface area (Å²) in [4.78, 5) is 15.2. The summed E-state index contributed by atoms with van der Waals surface area (Å²) in [5.41, 5.74) is 12.7. The zero-order valence-electron chi connectivity index (χ0n) is 18.2. The SMILES string of the molecule is N=C(N)c1ccc2c(c1)N(S(=O)(=O)c1ccc(F)cc1)C(C(=O)N1CCC(CCN)CC1)C2. The Labute approximate surface area is 192 Å². The molecule has 1 saturated heterocycles. The van der Waals surface area contributed by atoms with Crippen molar-refractivity contribution in [2.45, 2.75) is 36.6 Å². The number of amides is 1. The number of fused-ring (bicyclic) bond motifs is 1. The summed E-state index contributed by atoms with van der Waals surface area (Å²) in [6, 6.07) is 8.47. The standard InChI is InChI=1S/C23H28FN5O3S/c24-18-3-5-19(6-4-18)33(31,32)29-20-14-17(22(26)27)2-1-16(20)13-21(29)23(30)28-11-8-15(7-10-25)9-12-28/h1-6,14-15,21H,7-13,25H2,(H3,26,27). The molecule has 2 aromatic carbocycles. The van der Waals surface area contributed by atoms with Gasteiger partial charge in [-0.05, 0) is 67.6 Å². The zero-order chi connectivity index (χ0) is 23.8. The van der Waals surface area contributed by atoms with Gasteiger partial charge in [-0.3, -0.25) is 14.5 Å². The Hall–Kier alpha value is -2.98. The molecule has 8 nitrogen and oxygen atoms in total. The second-order valence-electron chi connectivity index (χ2n) is 8.58. The van der Waals surface area contributed by atoms with Crippen molar-refractivity contribution in [3.8, 4) is 0 Å². The predicted molar refractivity (Wildman–Crippen MR) is 124 cm³/mol. The number of halogens is 1. The number of anilines is 1. The normalized spacial score (nSPS) is 18.9. The van der Waals surface area contributed by atoms with Crippen LogP contribution in [0.25, 0.3) is 0 Å². The monoisotopic (exact) mass is 473 g/mol. The molecule has 0 aromatic heterocycles. The van der Waals surface area contributed by atoms with Gasteiger partial charge in [0.1, 0.15) is 17.7 Å². The predicted octanol–water partition coefficient (Wildman–Crippen LogP) is 1.82. The molecule has 1 atom stereocenters. The molecule has 2 aliphatic rings. The van der Waals surface area contributed by atoms with Gasteiger partial charge in [0.15, 0.2) is 0 Å². The highest BCUT2D eigenvalue weighted by Crippen LogP contribution is 2.38. The first-order valence-electron chi connectivity index (χ1n) is 11.0. The van der Waals surface area contributed by atoms with Crippen LogP contribution in [0.2, 0.25) is 0 Å². The molecule has 1 amide bonds. The number of hydrogen-bond acceptors (Lipinski definition) is 5. The average Bonchev–Trinajstić information content (AvgIpc) is 3.19. The van der Waals surface area contributed by atoms with Gasteiger partial charge in [0.2, 0.25) is 5.91 Å². The van der Waals surface area contributed by atoms with Crippen molar-refractivity contribution in [3.63, 3.8) is 0 Å². The molecule has 0 saturated carbocycles. The van der Waals surface area contributed by atoms with Crippen molar-refractivity contribution in [3.05, 3.63) is 59.4 Å². The van der Waals surface area contributed by atoms with Gasteiger partial charge >= 0.3 is 0 Å². The van der Waals surface area contributed by atoms with Gasteiger partial charge < -0.3 is 16.4 Å². The van der Waals surface area contributed by atoms with E-state index in [0.29, 0.717) is 42.4 Å². The quantitative estimate of drug-likeness (QED) is 0.435. The summed E-state index contributed by atoms with van der Waals surface area (Å²) in [6.45, 7) is 1.72. The summed E-state index contributed by atoms with van der Waals surface area (Å²) in [6.07, 6.45) is 2.80. The molecular formula is C23H28FN5O3S. The first-order valence-corrected chi connectivity index (χ1v) is 12.4. The Morgan fingerprint density at radius 3 is 2.39 bits per heavy atom. The van der Waals surface area contributed by atoms with Gasteiger partial charge in [0.25, 0.3) is 10.0 Å². The maximum absolute atomic E-state index is 13.7. The third kappa shape index (κ3) is 4.45. The van der Waals surface area contributed by atoms with Gasteiger partial charge in [-0.15, -0.1) is 0 Å². The topological polar surface area (TPSA) is 134 Å². The van der Waals surface area contributed by atoms with Crippen molar-refractivity contribution in [1.82, 2.24) is 4.90 Å². The molecule has 0 bridgehead atoms. The Morgan fingerprint density at radius 2 is 1.79 bits per heavy atom. The lowest BCUT2D eigenvalue weighted by atomic mass is 9.93. The highest BCUT2D eigenvalue weighted by molar-refractivity contribution is 7.93. The van der Waals surface area contributed by atoms with Crippen molar-refractivity contribution in [2.75, 3.05) is 23.9 Å². The Bertz CT molecular complexity index is 1160. The van der Waals surface area contributed by atoms with E-state index in [1.54, 1.807) is 17.0 Å². The summed E-state index contributed by atoms with van der Waals surface area (Å²) < 4.78 is 41.9. The van der Waals surface area contributed by atoms with Crippen LogP contribution in [-0.4, -0.2) is 50.7 Å². The van der Waals surface area contributed by atoms with Crippen LogP contribution >= 0.6 is 0 Å². The minimum absolute atomic E-state index is 0.107. The average molecular weight is 474 g/mol. The van der Waals surface area contributed by atoms with Crippen LogP contribution < -0.4 is 15.8 Å². The van der Waals surface area contributed by atoms with Crippen molar-refractivity contribution in [1.29, 1.82) is 5.41 Å². The first kappa shape index (κ1) is 23.2. The molecular weight excluding hydrogens is 445 g/mol. The molecule has 1 unspecified atom stereocenters. The van der Waals surface area contributed by atoms with E-state index in [1.807, 2.05) is 0 Å². The number of nitrogens with zero attached hydrogens (tertiary/aromatic N) is 2. The largest absolute Gasteiger partial charge is 0.384 e. The number of carbonyl (C=O) groups excluding carboxylic acids is 1. The molecule has 10 heteroatoms. The van der Waals surface area contributed by atoms with Crippen LogP contribution in [0.4, 0.5) is 10.1 Å². The number of nitrogens with two attached hydrogens (primary N) is 2. The van der Waals surface area contributed by atoms with Crippen LogP contribution in [0.5, 0.6) is 0 Å². The maximum atomic E-state index is 13.7. The van der Waals surface area contributed by atoms with Gasteiger partial charge in [-0.25, -0.2) is 12.8 Å². The van der Waals surface area contributed by atoms with Crippen LogP contribution in [-0.2, 0) is 21.2 Å². The summed E-state index contributed by atoms with van der Waals surface area (Å²) in [5, 5.41) is 7.74. The molecule has 176 valence electrons. The molecule has 2 aliphatic heterocycles. The highest BCUT2D eigenvalue weighted by atomic mass is 32.2. The number of nitrogens with one attached hydrogen (secondary N) is 1. The van der Waals surface area contributed by atoms with E-state index in [9.17, 15) is 17.6 Å². The fraction of sp³-hybridized carbons (Fsp3) is 0.391. The minimum Gasteiger partial charge on any atom is -0.384 e. The van der Waals surface area contributed by atoms with E-state index in [0.717, 1.165) is 35.7 Å². The highest BCUT2D eigenvalue weighted by Gasteiger charge is 2.44. The van der Waals surface area contributed by atoms with Crippen LogP contribution in [0.1, 0.15) is 30.4 Å². The van der Waals surface area contributed by atoms with E-state index in [2.05, 4.69) is 0 Å². The lowest BCUT2D eigenvalue weighted by molar-refractivity contribution is -0.133. The number of carbonyl (C=O) groups is 1. The van der Waals surface area contributed by atoms with Gasteiger partial charge in [-0.1, -0.05) is 12.1 Å². The van der Waals surface area contributed by atoms with Crippen LogP contribution in [0, 0.1) is 17.1 Å². The Morgan fingerprint density at radius 1 is 1.12 bits per heavy atom. The number of sulfonamides is 1. The number of benzene rings is 2. The van der Waals surface area contributed by atoms with Crippen molar-refractivity contribution >= 4 is 27.5 Å². The second kappa shape index (κ2) is 9.11. The van der Waals surface area contributed by atoms with E-state index in [4.69, 9.17) is 16.9 Å². The second-order valence-corrected chi connectivity index (χ2v) is 10.4. The molecule has 4 rings (SSSR count). The molecule has 5 N–H and O–H groups in total. The molecule has 1 fully saturated rings. The Kier molecular flexibility index (Phi) is 6.40. The van der Waals surface area contributed by atoms with Crippen LogP contribution in [0.15, 0.2) is 47.4 Å². The van der Waals surface area contributed by atoms with Crippen LogP contribution in [0.3, 0.4) is 0 Å². The van der Waals surface area contributed by atoms with E-state index < -0.39 is 21.9 Å². The lowest BCUT2D eigenvalue weighted by Gasteiger charge is -2.35. The number of rotatable bonds is 6. The van der Waals surface area contributed by atoms with E-state index in [1.165, 1.54) is 18.2 Å². The van der Waals surface area contributed by atoms with E-state index >= 15 is 0 Å². The zero-order valence-corrected chi connectivity index (χ0v) is 19.0. The minimum atomic E-state index is -4.17. The van der Waals surface area contributed by atoms with Crippen molar-refractivity contribution < 1.29 is 17.6 Å². The van der Waals surface area contributed by atoms with Crippen molar-refractivity contribution in [2.24, 2.45) is 17.4 Å². The molecule has 0 spiro atoms. The number of amidine groups is 1. The van der Waals surface area contributed by atoms with Gasteiger partial charge in [0, 0.05) is 25.1 Å². The molecule has 33 heavy (non-hydrogen) atoms. The summed E-state index contributed by atoms with van der Waals surface area (Å²) in [7, 11) is -4.17. The third-order valence-electron chi connectivity index (χ3n) is 6.49. The maximum Gasteiger partial charge on any atom is 0.265 e. The number of nitrogen functional groups attached to an aromatic ring is 1. The Balaban J connectivity index is 1.71. The summed E-state index contributed by atoms with van der Waals surface area (Å²) in [5.74, 6) is -0.541. The van der Waals surface area contributed by atoms with Gasteiger partial charge in [0.05, 0.1) is 10.6 Å². The molecule has 0 aliphatic carbocycles. The fourth-order valence-corrected chi connectivity index (χ4v) is 6.30. The number of hydrogen-bond donors (Lipinski definition) is 3. The number of piperidine rings is 1. The molecule has 0 radical (unpaired) electrons. The fourth-order valence-electron chi connectivity index (χ4n) is 4.66. The number of likely N-dealkylation sites (tertiary alicyclic amines) is 1. The smallest absolute Gasteiger partial charge is 0.265 e. The van der Waals surface area contributed by atoms with E-state index in [-0.39, 0.29) is 23.1 Å². The first-order chi connectivity index (χ1) is 15.7. The molecule has 2 heterocycles. The summed E-state index contributed by atoms with van der Waals surface area (Å²) >= 11 is 0.